The summed E-state index contributed by atoms with van der Waals surface area (Å²) < 4.78 is 3.56. The monoisotopic (exact) mass is 348 g/mol. The first kappa shape index (κ1) is 16.3. The van der Waals surface area contributed by atoms with Gasteiger partial charge in [0.1, 0.15) is 11.0 Å². The van der Waals surface area contributed by atoms with Crippen LogP contribution in [-0.2, 0) is 11.3 Å². The standard InChI is InChI=1S/C18H20N8/c1-17(2,25-15-11-7-5-9-13(15)19-23-25)21-22-18(3,4)26-16-12-8-6-10-14(16)20-24-26/h5-12H,1-4H3. The molecule has 0 saturated carbocycles. The number of para-hydroxylation sites is 2. The second-order valence-electron chi connectivity index (χ2n) is 7.17. The molecule has 8 heteroatoms. The van der Waals surface area contributed by atoms with Gasteiger partial charge in [0.15, 0.2) is 11.3 Å². The lowest BCUT2D eigenvalue weighted by Crippen LogP contribution is -2.29. The van der Waals surface area contributed by atoms with E-state index in [9.17, 15) is 0 Å². The fourth-order valence-corrected chi connectivity index (χ4v) is 2.88. The van der Waals surface area contributed by atoms with Crippen molar-refractivity contribution in [1.29, 1.82) is 0 Å². The molecule has 2 aromatic carbocycles. The third kappa shape index (κ3) is 2.63. The van der Waals surface area contributed by atoms with Crippen LogP contribution < -0.4 is 0 Å². The van der Waals surface area contributed by atoms with Gasteiger partial charge in [-0.3, -0.25) is 0 Å². The molecule has 4 rings (SSSR count). The molecule has 0 bridgehead atoms. The molecule has 0 saturated heterocycles. The zero-order chi connectivity index (χ0) is 18.4. The topological polar surface area (TPSA) is 86.1 Å². The Bertz CT molecular complexity index is 1010. The van der Waals surface area contributed by atoms with Crippen LogP contribution in [0.25, 0.3) is 22.1 Å². The summed E-state index contributed by atoms with van der Waals surface area (Å²) in [5, 5.41) is 26.1. The molecule has 8 nitrogen and oxygen atoms in total. The average molecular weight is 348 g/mol. The van der Waals surface area contributed by atoms with Crippen LogP contribution in [0, 0.1) is 0 Å². The van der Waals surface area contributed by atoms with Crippen LogP contribution in [-0.4, -0.2) is 30.0 Å². The normalized spacial score (nSPS) is 13.2. The Morgan fingerprint density at radius 1 is 0.654 bits per heavy atom. The maximum Gasteiger partial charge on any atom is 0.169 e. The van der Waals surface area contributed by atoms with Crippen LogP contribution in [0.4, 0.5) is 0 Å². The van der Waals surface area contributed by atoms with E-state index in [1.54, 1.807) is 9.36 Å². The zero-order valence-corrected chi connectivity index (χ0v) is 15.2. The molecule has 0 radical (unpaired) electrons. The minimum absolute atomic E-state index is 0.691. The number of aromatic nitrogens is 6. The average Bonchev–Trinajstić information content (AvgIpc) is 3.25. The summed E-state index contributed by atoms with van der Waals surface area (Å²) in [5.74, 6) is 0. The van der Waals surface area contributed by atoms with Crippen molar-refractivity contribution in [1.82, 2.24) is 30.0 Å². The first-order chi connectivity index (χ1) is 12.4. The summed E-state index contributed by atoms with van der Waals surface area (Å²) >= 11 is 0. The van der Waals surface area contributed by atoms with Crippen molar-refractivity contribution in [2.24, 2.45) is 10.2 Å². The lowest BCUT2D eigenvalue weighted by molar-refractivity contribution is 0.261. The number of benzene rings is 2. The van der Waals surface area contributed by atoms with Crippen LogP contribution in [0.2, 0.25) is 0 Å². The zero-order valence-electron chi connectivity index (χ0n) is 15.2. The van der Waals surface area contributed by atoms with Gasteiger partial charge >= 0.3 is 0 Å². The second kappa shape index (κ2) is 5.69. The highest BCUT2D eigenvalue weighted by Gasteiger charge is 2.28. The van der Waals surface area contributed by atoms with E-state index < -0.39 is 11.3 Å². The van der Waals surface area contributed by atoms with E-state index in [1.165, 1.54) is 0 Å². The van der Waals surface area contributed by atoms with E-state index in [-0.39, 0.29) is 0 Å². The lowest BCUT2D eigenvalue weighted by Gasteiger charge is -2.24. The van der Waals surface area contributed by atoms with Crippen molar-refractivity contribution < 1.29 is 0 Å². The molecule has 132 valence electrons. The van der Waals surface area contributed by atoms with E-state index in [4.69, 9.17) is 0 Å². The predicted octanol–water partition coefficient (Wildman–Crippen LogP) is 3.71. The molecule has 26 heavy (non-hydrogen) atoms. The molecule has 0 amide bonds. The van der Waals surface area contributed by atoms with E-state index >= 15 is 0 Å². The van der Waals surface area contributed by atoms with Gasteiger partial charge in [-0.15, -0.1) is 10.2 Å². The van der Waals surface area contributed by atoms with E-state index in [0.717, 1.165) is 22.1 Å². The van der Waals surface area contributed by atoms with Crippen LogP contribution in [0.3, 0.4) is 0 Å². The molecule has 4 aromatic rings. The summed E-state index contributed by atoms with van der Waals surface area (Å²) in [7, 11) is 0. The number of hydrogen-bond acceptors (Lipinski definition) is 6. The van der Waals surface area contributed by atoms with E-state index in [2.05, 4.69) is 30.9 Å². The Hall–Kier alpha value is -3.16. The molecule has 0 fully saturated rings. The minimum Gasteiger partial charge on any atom is -0.216 e. The number of nitrogens with zero attached hydrogens (tertiary/aromatic N) is 8. The summed E-state index contributed by atoms with van der Waals surface area (Å²) in [6.07, 6.45) is 0. The van der Waals surface area contributed by atoms with Gasteiger partial charge in [0, 0.05) is 0 Å². The SMILES string of the molecule is CC(C)(N=NC(C)(C)n1nnc2ccccc21)n1nnc2ccccc21. The van der Waals surface area contributed by atoms with Crippen LogP contribution in [0.15, 0.2) is 58.8 Å². The van der Waals surface area contributed by atoms with Crippen LogP contribution in [0.5, 0.6) is 0 Å². The summed E-state index contributed by atoms with van der Waals surface area (Å²) in [6, 6.07) is 15.6. The van der Waals surface area contributed by atoms with Gasteiger partial charge in [-0.1, -0.05) is 34.7 Å². The summed E-state index contributed by atoms with van der Waals surface area (Å²) in [6.45, 7) is 7.81. The Labute approximate surface area is 150 Å². The Morgan fingerprint density at radius 2 is 1.04 bits per heavy atom. The van der Waals surface area contributed by atoms with Crippen molar-refractivity contribution >= 4 is 22.1 Å². The quantitative estimate of drug-likeness (QED) is 0.526. The van der Waals surface area contributed by atoms with Crippen molar-refractivity contribution in [2.45, 2.75) is 39.0 Å². The molecule has 0 N–H and O–H groups in total. The van der Waals surface area contributed by atoms with Crippen molar-refractivity contribution in [3.05, 3.63) is 48.5 Å². The fourth-order valence-electron chi connectivity index (χ4n) is 2.88. The summed E-state index contributed by atoms with van der Waals surface area (Å²) in [4.78, 5) is 0. The van der Waals surface area contributed by atoms with Crippen LogP contribution in [0.1, 0.15) is 27.7 Å². The molecule has 0 unspecified atom stereocenters. The second-order valence-corrected chi connectivity index (χ2v) is 7.17. The highest BCUT2D eigenvalue weighted by atomic mass is 15.5. The molecular weight excluding hydrogens is 328 g/mol. The van der Waals surface area contributed by atoms with Crippen molar-refractivity contribution in [3.8, 4) is 0 Å². The van der Waals surface area contributed by atoms with Gasteiger partial charge in [-0.25, -0.2) is 9.36 Å². The molecule has 0 spiro atoms. The van der Waals surface area contributed by atoms with E-state index in [1.807, 2.05) is 76.2 Å². The number of hydrogen-bond donors (Lipinski definition) is 0. The Morgan fingerprint density at radius 3 is 1.46 bits per heavy atom. The minimum atomic E-state index is -0.691. The molecule has 2 heterocycles. The van der Waals surface area contributed by atoms with Crippen molar-refractivity contribution in [2.75, 3.05) is 0 Å². The van der Waals surface area contributed by atoms with Gasteiger partial charge in [0.2, 0.25) is 0 Å². The van der Waals surface area contributed by atoms with Crippen molar-refractivity contribution in [3.63, 3.8) is 0 Å². The Balaban J connectivity index is 1.71. The smallest absolute Gasteiger partial charge is 0.169 e. The molecular formula is C18H20N8. The third-order valence-electron chi connectivity index (χ3n) is 4.28. The van der Waals surface area contributed by atoms with Gasteiger partial charge in [0.05, 0.1) is 11.0 Å². The molecule has 0 atom stereocenters. The first-order valence-corrected chi connectivity index (χ1v) is 8.44. The van der Waals surface area contributed by atoms with Gasteiger partial charge < -0.3 is 0 Å². The molecule has 2 aromatic heterocycles. The van der Waals surface area contributed by atoms with Gasteiger partial charge in [-0.2, -0.15) is 10.2 Å². The molecule has 0 aliphatic rings. The maximum absolute atomic E-state index is 4.58. The fraction of sp³-hybridized carbons (Fsp3) is 0.333. The first-order valence-electron chi connectivity index (χ1n) is 8.44. The van der Waals surface area contributed by atoms with E-state index in [0.29, 0.717) is 0 Å². The molecule has 0 aliphatic carbocycles. The maximum atomic E-state index is 4.58. The third-order valence-corrected chi connectivity index (χ3v) is 4.28. The van der Waals surface area contributed by atoms with Crippen LogP contribution >= 0.6 is 0 Å². The summed E-state index contributed by atoms with van der Waals surface area (Å²) in [5.41, 5.74) is 2.11. The van der Waals surface area contributed by atoms with Gasteiger partial charge in [-0.05, 0) is 52.0 Å². The number of rotatable bonds is 4. The largest absolute Gasteiger partial charge is 0.216 e. The number of azo groups is 1. The lowest BCUT2D eigenvalue weighted by atomic mass is 10.2. The Kier molecular flexibility index (Phi) is 3.57. The van der Waals surface area contributed by atoms with Gasteiger partial charge in [0.25, 0.3) is 0 Å². The highest BCUT2D eigenvalue weighted by Crippen LogP contribution is 2.27. The predicted molar refractivity (Wildman–Crippen MR) is 98.6 cm³/mol. The molecule has 0 aliphatic heterocycles. The highest BCUT2D eigenvalue weighted by molar-refractivity contribution is 5.74. The number of fused-ring (bicyclic) bond motifs is 2.